The Labute approximate surface area is 150 Å². The van der Waals surface area contributed by atoms with E-state index in [1.54, 1.807) is 0 Å². The van der Waals surface area contributed by atoms with E-state index in [0.717, 1.165) is 26.8 Å². The van der Waals surface area contributed by atoms with E-state index in [-0.39, 0.29) is 0 Å². The molecule has 2 rings (SSSR count). The molecule has 2 heterocycles. The largest absolute Gasteiger partial charge is 0.452 e. The maximum Gasteiger partial charge on any atom is 0.341 e. The number of ether oxygens (including phenoxy) is 1. The summed E-state index contributed by atoms with van der Waals surface area (Å²) in [5.74, 6) is -1.59. The monoisotopic (exact) mass is 363 g/mol. The zero-order valence-corrected chi connectivity index (χ0v) is 15.7. The Hall–Kier alpha value is -2.61. The van der Waals surface area contributed by atoms with Crippen molar-refractivity contribution >= 4 is 29.1 Å². The predicted molar refractivity (Wildman–Crippen MR) is 94.8 cm³/mol. The molecule has 0 saturated carbocycles. The first-order valence-electron chi connectivity index (χ1n) is 7.70. The average Bonchev–Trinajstić information content (AvgIpc) is 3.02. The number of aryl methyl sites for hydroxylation is 3. The molecule has 7 nitrogen and oxygen atoms in total. The van der Waals surface area contributed by atoms with Gasteiger partial charge in [0.15, 0.2) is 6.61 Å². The number of aromatic nitrogens is 1. The fraction of sp³-hybridized carbons (Fsp3) is 0.353. The number of thiophene rings is 1. The number of nitrogens with zero attached hydrogens (tertiary/aromatic N) is 1. The summed E-state index contributed by atoms with van der Waals surface area (Å²) in [5.41, 5.74) is 7.60. The van der Waals surface area contributed by atoms with Crippen LogP contribution in [-0.4, -0.2) is 29.0 Å². The maximum absolute atomic E-state index is 12.6. The highest BCUT2D eigenvalue weighted by molar-refractivity contribution is 7.15. The van der Waals surface area contributed by atoms with E-state index in [1.807, 2.05) is 44.4 Å². The van der Waals surface area contributed by atoms with Gasteiger partial charge in [-0.2, -0.15) is 0 Å². The van der Waals surface area contributed by atoms with E-state index in [4.69, 9.17) is 4.74 Å². The van der Waals surface area contributed by atoms with Crippen LogP contribution in [0.15, 0.2) is 12.1 Å². The number of rotatable bonds is 4. The van der Waals surface area contributed by atoms with Gasteiger partial charge >= 0.3 is 5.97 Å². The Balaban J connectivity index is 2.23. The van der Waals surface area contributed by atoms with Gasteiger partial charge in [0, 0.05) is 23.2 Å². The van der Waals surface area contributed by atoms with Gasteiger partial charge in [-0.25, -0.2) is 4.79 Å². The molecule has 0 aliphatic rings. The van der Waals surface area contributed by atoms with Gasteiger partial charge in [0.1, 0.15) is 5.00 Å². The zero-order chi connectivity index (χ0) is 18.7. The SMILES string of the molecule is CC(=O)NNC(=O)COC(=O)c1c(-n2c(C)ccc2C)sc(C)c1C. The molecule has 0 radical (unpaired) electrons. The highest BCUT2D eigenvalue weighted by Gasteiger charge is 2.24. The van der Waals surface area contributed by atoms with Crippen LogP contribution in [0.25, 0.3) is 5.00 Å². The van der Waals surface area contributed by atoms with Crippen LogP contribution in [0.1, 0.15) is 39.1 Å². The molecule has 0 aromatic carbocycles. The lowest BCUT2D eigenvalue weighted by atomic mass is 10.1. The number of hydrogen-bond donors (Lipinski definition) is 2. The van der Waals surface area contributed by atoms with Crippen LogP contribution in [0.4, 0.5) is 0 Å². The maximum atomic E-state index is 12.6. The average molecular weight is 363 g/mol. The molecule has 0 aliphatic carbocycles. The summed E-state index contributed by atoms with van der Waals surface area (Å²) >= 11 is 1.51. The first-order valence-corrected chi connectivity index (χ1v) is 8.51. The van der Waals surface area contributed by atoms with Crippen molar-refractivity contribution in [3.05, 3.63) is 39.5 Å². The molecule has 0 saturated heterocycles. The van der Waals surface area contributed by atoms with Crippen molar-refractivity contribution in [1.82, 2.24) is 15.4 Å². The van der Waals surface area contributed by atoms with Crippen LogP contribution in [0.2, 0.25) is 0 Å². The molecule has 0 aliphatic heterocycles. The molecule has 2 amide bonds. The Morgan fingerprint density at radius 2 is 1.68 bits per heavy atom. The van der Waals surface area contributed by atoms with E-state index in [0.29, 0.717) is 5.56 Å². The van der Waals surface area contributed by atoms with Crippen LogP contribution < -0.4 is 10.9 Å². The summed E-state index contributed by atoms with van der Waals surface area (Å²) < 4.78 is 7.12. The Morgan fingerprint density at radius 1 is 1.08 bits per heavy atom. The van der Waals surface area contributed by atoms with Crippen molar-refractivity contribution in [2.75, 3.05) is 6.61 Å². The molecule has 0 fully saturated rings. The molecule has 134 valence electrons. The van der Waals surface area contributed by atoms with Gasteiger partial charge in [-0.3, -0.25) is 20.4 Å². The minimum atomic E-state index is -0.608. The van der Waals surface area contributed by atoms with E-state index in [1.165, 1.54) is 18.3 Å². The van der Waals surface area contributed by atoms with Crippen LogP contribution in [0.3, 0.4) is 0 Å². The number of hydrogen-bond acceptors (Lipinski definition) is 5. The summed E-state index contributed by atoms with van der Waals surface area (Å²) in [6.45, 7) is 8.52. The molecule has 0 bridgehead atoms. The van der Waals surface area contributed by atoms with Gasteiger partial charge in [0.25, 0.3) is 5.91 Å². The molecule has 25 heavy (non-hydrogen) atoms. The molecule has 0 spiro atoms. The lowest BCUT2D eigenvalue weighted by Gasteiger charge is -2.11. The van der Waals surface area contributed by atoms with Crippen molar-refractivity contribution in [3.8, 4) is 5.00 Å². The minimum Gasteiger partial charge on any atom is -0.452 e. The van der Waals surface area contributed by atoms with Gasteiger partial charge in [-0.1, -0.05) is 0 Å². The van der Waals surface area contributed by atoms with Crippen LogP contribution >= 0.6 is 11.3 Å². The normalized spacial score (nSPS) is 10.4. The van der Waals surface area contributed by atoms with E-state index in [2.05, 4.69) is 10.9 Å². The number of carbonyl (C=O) groups is 3. The lowest BCUT2D eigenvalue weighted by Crippen LogP contribution is -2.42. The van der Waals surface area contributed by atoms with Crippen molar-refractivity contribution < 1.29 is 19.1 Å². The lowest BCUT2D eigenvalue weighted by molar-refractivity contribution is -0.129. The smallest absolute Gasteiger partial charge is 0.341 e. The number of hydrazine groups is 1. The van der Waals surface area contributed by atoms with Crippen LogP contribution in [0.5, 0.6) is 0 Å². The summed E-state index contributed by atoms with van der Waals surface area (Å²) in [5, 5.41) is 0.780. The fourth-order valence-corrected chi connectivity index (χ4v) is 3.66. The second-order valence-electron chi connectivity index (χ2n) is 5.72. The van der Waals surface area contributed by atoms with Gasteiger partial charge in [-0.05, 0) is 45.4 Å². The Bertz CT molecular complexity index is 816. The summed E-state index contributed by atoms with van der Waals surface area (Å²) in [7, 11) is 0. The Morgan fingerprint density at radius 3 is 2.24 bits per heavy atom. The van der Waals surface area contributed by atoms with Crippen molar-refractivity contribution in [1.29, 1.82) is 0 Å². The quantitative estimate of drug-likeness (QED) is 0.643. The van der Waals surface area contributed by atoms with Crippen LogP contribution in [0, 0.1) is 27.7 Å². The molecular weight excluding hydrogens is 342 g/mol. The highest BCUT2D eigenvalue weighted by Crippen LogP contribution is 2.33. The first-order chi connectivity index (χ1) is 11.7. The molecule has 0 unspecified atom stereocenters. The third-order valence-corrected chi connectivity index (χ3v) is 4.95. The third kappa shape index (κ3) is 4.08. The fourth-order valence-electron chi connectivity index (χ4n) is 2.39. The van der Waals surface area contributed by atoms with E-state index >= 15 is 0 Å². The van der Waals surface area contributed by atoms with Crippen LogP contribution in [-0.2, 0) is 14.3 Å². The van der Waals surface area contributed by atoms with Gasteiger partial charge in [0.2, 0.25) is 5.91 Å². The third-order valence-electron chi connectivity index (χ3n) is 3.76. The van der Waals surface area contributed by atoms with Gasteiger partial charge in [0.05, 0.1) is 5.56 Å². The van der Waals surface area contributed by atoms with Crippen molar-refractivity contribution in [3.63, 3.8) is 0 Å². The number of amides is 2. The number of nitrogens with one attached hydrogen (secondary N) is 2. The highest BCUT2D eigenvalue weighted by atomic mass is 32.1. The molecule has 2 aromatic heterocycles. The molecule has 2 aromatic rings. The second kappa shape index (κ2) is 7.52. The standard InChI is InChI=1S/C17H21N3O4S/c1-9-6-7-10(2)20(9)16-15(11(3)12(4)25-16)17(23)24-8-14(22)19-18-13(5)21/h6-7H,8H2,1-5H3,(H,18,21)(H,19,22). The van der Waals surface area contributed by atoms with E-state index in [9.17, 15) is 14.4 Å². The topological polar surface area (TPSA) is 89.4 Å². The number of carbonyl (C=O) groups excluding carboxylic acids is 3. The van der Waals surface area contributed by atoms with Gasteiger partial charge < -0.3 is 9.30 Å². The van der Waals surface area contributed by atoms with E-state index < -0.39 is 24.4 Å². The minimum absolute atomic E-state index is 0.412. The van der Waals surface area contributed by atoms with Crippen molar-refractivity contribution in [2.24, 2.45) is 0 Å². The summed E-state index contributed by atoms with van der Waals surface area (Å²) in [6.07, 6.45) is 0. The summed E-state index contributed by atoms with van der Waals surface area (Å²) in [6, 6.07) is 3.96. The first kappa shape index (κ1) is 18.7. The zero-order valence-electron chi connectivity index (χ0n) is 14.9. The van der Waals surface area contributed by atoms with Gasteiger partial charge in [-0.15, -0.1) is 11.3 Å². The summed E-state index contributed by atoms with van der Waals surface area (Å²) in [4.78, 5) is 35.9. The molecular formula is C17H21N3O4S. The molecule has 0 atom stereocenters. The predicted octanol–water partition coefficient (Wildman–Crippen LogP) is 2.10. The molecule has 8 heteroatoms. The second-order valence-corrected chi connectivity index (χ2v) is 6.92. The van der Waals surface area contributed by atoms with Crippen molar-refractivity contribution in [2.45, 2.75) is 34.6 Å². The molecule has 2 N–H and O–H groups in total. The Kier molecular flexibility index (Phi) is 5.63. The number of esters is 1.